The predicted octanol–water partition coefficient (Wildman–Crippen LogP) is 3.26. The molecular formula is C13H17Cl2NO. The predicted molar refractivity (Wildman–Crippen MR) is 72.6 cm³/mol. The van der Waals surface area contributed by atoms with Crippen molar-refractivity contribution in [3.63, 3.8) is 0 Å². The maximum Gasteiger partial charge on any atom is 0.224 e. The average Bonchev–Trinajstić information content (AvgIpc) is 2.30. The SMILES string of the molecule is CC(Cc1ccc(Cl)cc1)NC(=O)C(C)CCl. The van der Waals surface area contributed by atoms with Crippen molar-refractivity contribution < 1.29 is 4.79 Å². The van der Waals surface area contributed by atoms with Crippen molar-refractivity contribution in [2.75, 3.05) is 5.88 Å². The van der Waals surface area contributed by atoms with Gasteiger partial charge in [0.1, 0.15) is 0 Å². The number of amides is 1. The van der Waals surface area contributed by atoms with E-state index in [2.05, 4.69) is 5.32 Å². The van der Waals surface area contributed by atoms with Gasteiger partial charge >= 0.3 is 0 Å². The number of carbonyl (C=O) groups excluding carboxylic acids is 1. The summed E-state index contributed by atoms with van der Waals surface area (Å²) in [4.78, 5) is 11.6. The number of hydrogen-bond acceptors (Lipinski definition) is 1. The van der Waals surface area contributed by atoms with Gasteiger partial charge in [-0.15, -0.1) is 11.6 Å². The lowest BCUT2D eigenvalue weighted by Gasteiger charge is -2.16. The number of halogens is 2. The summed E-state index contributed by atoms with van der Waals surface area (Å²) in [5.41, 5.74) is 1.15. The van der Waals surface area contributed by atoms with Crippen LogP contribution in [-0.2, 0) is 11.2 Å². The number of benzene rings is 1. The van der Waals surface area contributed by atoms with Crippen molar-refractivity contribution in [2.24, 2.45) is 5.92 Å². The monoisotopic (exact) mass is 273 g/mol. The van der Waals surface area contributed by atoms with E-state index >= 15 is 0 Å². The third kappa shape index (κ3) is 4.97. The first-order chi connectivity index (χ1) is 8.02. The quantitative estimate of drug-likeness (QED) is 0.820. The van der Waals surface area contributed by atoms with E-state index < -0.39 is 0 Å². The summed E-state index contributed by atoms with van der Waals surface area (Å²) in [6, 6.07) is 7.74. The molecule has 0 aromatic heterocycles. The van der Waals surface area contributed by atoms with Crippen LogP contribution in [0.15, 0.2) is 24.3 Å². The van der Waals surface area contributed by atoms with Crippen LogP contribution < -0.4 is 5.32 Å². The molecule has 1 rings (SSSR count). The van der Waals surface area contributed by atoms with Crippen LogP contribution in [0.4, 0.5) is 0 Å². The first-order valence-corrected chi connectivity index (χ1v) is 6.55. The number of rotatable bonds is 5. The average molecular weight is 274 g/mol. The van der Waals surface area contributed by atoms with Gasteiger partial charge in [0, 0.05) is 22.9 Å². The summed E-state index contributed by atoms with van der Waals surface area (Å²) < 4.78 is 0. The molecule has 0 saturated carbocycles. The summed E-state index contributed by atoms with van der Waals surface area (Å²) >= 11 is 11.4. The molecule has 2 atom stereocenters. The molecule has 2 unspecified atom stereocenters. The van der Waals surface area contributed by atoms with Crippen molar-refractivity contribution in [2.45, 2.75) is 26.3 Å². The van der Waals surface area contributed by atoms with Gasteiger partial charge in [0.2, 0.25) is 5.91 Å². The molecule has 94 valence electrons. The molecule has 1 aromatic carbocycles. The maximum atomic E-state index is 11.6. The summed E-state index contributed by atoms with van der Waals surface area (Å²) in [5.74, 6) is 0.199. The Labute approximate surface area is 112 Å². The second-order valence-electron chi connectivity index (χ2n) is 4.30. The highest BCUT2D eigenvalue weighted by Gasteiger charge is 2.14. The van der Waals surface area contributed by atoms with Gasteiger partial charge in [-0.25, -0.2) is 0 Å². The Kier molecular flexibility index (Phi) is 5.79. The molecule has 0 saturated heterocycles. The number of alkyl halides is 1. The molecule has 0 aliphatic carbocycles. The first-order valence-electron chi connectivity index (χ1n) is 5.63. The fourth-order valence-electron chi connectivity index (χ4n) is 1.48. The lowest BCUT2D eigenvalue weighted by atomic mass is 10.1. The van der Waals surface area contributed by atoms with Gasteiger partial charge in [0.25, 0.3) is 0 Å². The van der Waals surface area contributed by atoms with Gasteiger partial charge in [-0.1, -0.05) is 30.7 Å². The van der Waals surface area contributed by atoms with Crippen LogP contribution in [0.25, 0.3) is 0 Å². The lowest BCUT2D eigenvalue weighted by Crippen LogP contribution is -2.38. The van der Waals surface area contributed by atoms with E-state index in [1.807, 2.05) is 38.1 Å². The molecule has 4 heteroatoms. The van der Waals surface area contributed by atoms with E-state index in [-0.39, 0.29) is 17.9 Å². The third-order valence-electron chi connectivity index (χ3n) is 2.52. The summed E-state index contributed by atoms with van der Waals surface area (Å²) in [7, 11) is 0. The molecule has 1 N–H and O–H groups in total. The van der Waals surface area contributed by atoms with Crippen LogP contribution in [0, 0.1) is 5.92 Å². The summed E-state index contributed by atoms with van der Waals surface area (Å²) in [6.07, 6.45) is 0.790. The van der Waals surface area contributed by atoms with Crippen molar-refractivity contribution in [1.29, 1.82) is 0 Å². The van der Waals surface area contributed by atoms with Crippen molar-refractivity contribution in [1.82, 2.24) is 5.32 Å². The number of nitrogens with one attached hydrogen (secondary N) is 1. The van der Waals surface area contributed by atoms with Gasteiger partial charge in [-0.2, -0.15) is 0 Å². The second-order valence-corrected chi connectivity index (χ2v) is 5.04. The minimum atomic E-state index is -0.149. The second kappa shape index (κ2) is 6.87. The summed E-state index contributed by atoms with van der Waals surface area (Å²) in [6.45, 7) is 3.80. The minimum absolute atomic E-state index is 0.00136. The fraction of sp³-hybridized carbons (Fsp3) is 0.462. The van der Waals surface area contributed by atoms with Crippen molar-refractivity contribution in [3.05, 3.63) is 34.9 Å². The van der Waals surface area contributed by atoms with Crippen LogP contribution in [0.1, 0.15) is 19.4 Å². The van der Waals surface area contributed by atoms with E-state index in [1.54, 1.807) is 0 Å². The van der Waals surface area contributed by atoms with Gasteiger partial charge in [0.05, 0.1) is 0 Å². The molecule has 0 radical (unpaired) electrons. The summed E-state index contributed by atoms with van der Waals surface area (Å²) in [5, 5.41) is 3.66. The topological polar surface area (TPSA) is 29.1 Å². The molecule has 17 heavy (non-hydrogen) atoms. The van der Waals surface area contributed by atoms with Gasteiger partial charge < -0.3 is 5.32 Å². The van der Waals surface area contributed by atoms with E-state index in [1.165, 1.54) is 0 Å². The zero-order valence-electron chi connectivity index (χ0n) is 10.0. The minimum Gasteiger partial charge on any atom is -0.353 e. The third-order valence-corrected chi connectivity index (χ3v) is 3.24. The molecule has 0 aliphatic heterocycles. The highest BCUT2D eigenvalue weighted by Crippen LogP contribution is 2.11. The molecule has 0 spiro atoms. The molecule has 1 aromatic rings. The lowest BCUT2D eigenvalue weighted by molar-refractivity contribution is -0.124. The molecule has 0 bridgehead atoms. The molecule has 1 amide bonds. The van der Waals surface area contributed by atoms with E-state index in [0.717, 1.165) is 17.0 Å². The van der Waals surface area contributed by atoms with Crippen LogP contribution in [0.5, 0.6) is 0 Å². The van der Waals surface area contributed by atoms with E-state index in [0.29, 0.717) is 5.88 Å². The molecule has 0 fully saturated rings. The van der Waals surface area contributed by atoms with Gasteiger partial charge in [-0.05, 0) is 31.0 Å². The Morgan fingerprint density at radius 2 is 1.88 bits per heavy atom. The van der Waals surface area contributed by atoms with E-state index in [4.69, 9.17) is 23.2 Å². The van der Waals surface area contributed by atoms with Crippen LogP contribution >= 0.6 is 23.2 Å². The molecule has 0 heterocycles. The zero-order chi connectivity index (χ0) is 12.8. The molecular weight excluding hydrogens is 257 g/mol. The largest absolute Gasteiger partial charge is 0.353 e. The molecule has 2 nitrogen and oxygen atoms in total. The van der Waals surface area contributed by atoms with Crippen molar-refractivity contribution in [3.8, 4) is 0 Å². The standard InChI is InChI=1S/C13H17Cl2NO/c1-9(8-14)13(17)16-10(2)7-11-3-5-12(15)6-4-11/h3-6,9-10H,7-8H2,1-2H3,(H,16,17). The number of carbonyl (C=O) groups is 1. The Morgan fingerprint density at radius 3 is 2.41 bits per heavy atom. The first kappa shape index (κ1) is 14.3. The smallest absolute Gasteiger partial charge is 0.224 e. The highest BCUT2D eigenvalue weighted by molar-refractivity contribution is 6.30. The van der Waals surface area contributed by atoms with E-state index in [9.17, 15) is 4.79 Å². The van der Waals surface area contributed by atoms with Crippen molar-refractivity contribution >= 4 is 29.1 Å². The zero-order valence-corrected chi connectivity index (χ0v) is 11.6. The van der Waals surface area contributed by atoms with Crippen LogP contribution in [0.3, 0.4) is 0 Å². The Bertz CT molecular complexity index is 364. The Hall–Kier alpha value is -0.730. The maximum absolute atomic E-state index is 11.6. The fourth-order valence-corrected chi connectivity index (χ4v) is 1.75. The van der Waals surface area contributed by atoms with Gasteiger partial charge in [-0.3, -0.25) is 4.79 Å². The van der Waals surface area contributed by atoms with Crippen LogP contribution in [-0.4, -0.2) is 17.8 Å². The Morgan fingerprint density at radius 1 is 1.29 bits per heavy atom. The molecule has 0 aliphatic rings. The van der Waals surface area contributed by atoms with Gasteiger partial charge in [0.15, 0.2) is 0 Å². The highest BCUT2D eigenvalue weighted by atomic mass is 35.5. The number of hydrogen-bond donors (Lipinski definition) is 1. The normalized spacial score (nSPS) is 14.1. The van der Waals surface area contributed by atoms with Crippen LogP contribution in [0.2, 0.25) is 5.02 Å². The Balaban J connectivity index is 2.47.